The van der Waals surface area contributed by atoms with Crippen LogP contribution in [0, 0.1) is 0 Å². The fourth-order valence-corrected chi connectivity index (χ4v) is 9.04. The maximum Gasteiger partial charge on any atom is 0.0714 e. The van der Waals surface area contributed by atoms with Gasteiger partial charge in [0.15, 0.2) is 0 Å². The van der Waals surface area contributed by atoms with E-state index in [2.05, 4.69) is 182 Å². The van der Waals surface area contributed by atoms with Gasteiger partial charge in [-0.15, -0.1) is 0 Å². The zero-order valence-electron chi connectivity index (χ0n) is 26.5. The molecule has 0 saturated carbocycles. The Labute approximate surface area is 275 Å². The van der Waals surface area contributed by atoms with Crippen molar-refractivity contribution in [1.29, 1.82) is 0 Å². The molecule has 1 heteroatoms. The molecule has 222 valence electrons. The molecule has 0 bridgehead atoms. The fourth-order valence-electron chi connectivity index (χ4n) is 9.04. The van der Waals surface area contributed by atoms with E-state index in [1.165, 1.54) is 83.1 Å². The lowest BCUT2D eigenvalue weighted by Gasteiger charge is -2.34. The monoisotopic (exact) mass is 599 g/mol. The number of hydrogen-bond acceptors (Lipinski definition) is 0. The lowest BCUT2D eigenvalue weighted by Crippen LogP contribution is -2.29. The zero-order chi connectivity index (χ0) is 31.3. The van der Waals surface area contributed by atoms with E-state index < -0.39 is 5.41 Å². The molecule has 0 unspecified atom stereocenters. The molecule has 1 nitrogen and oxygen atoms in total. The van der Waals surface area contributed by atoms with Crippen LogP contribution < -0.4 is 0 Å². The van der Waals surface area contributed by atoms with Crippen LogP contribution in [0.15, 0.2) is 164 Å². The second kappa shape index (κ2) is 9.44. The molecule has 2 aliphatic rings. The van der Waals surface area contributed by atoms with Crippen LogP contribution in [0.5, 0.6) is 0 Å². The van der Waals surface area contributed by atoms with E-state index in [1.54, 1.807) is 0 Å². The van der Waals surface area contributed by atoms with Gasteiger partial charge in [0.05, 0.1) is 16.4 Å². The van der Waals surface area contributed by atoms with Crippen LogP contribution in [0.3, 0.4) is 0 Å². The van der Waals surface area contributed by atoms with Gasteiger partial charge in [0.2, 0.25) is 0 Å². The predicted molar refractivity (Wildman–Crippen MR) is 196 cm³/mol. The van der Waals surface area contributed by atoms with Gasteiger partial charge in [0.1, 0.15) is 0 Å². The zero-order valence-corrected chi connectivity index (χ0v) is 26.5. The van der Waals surface area contributed by atoms with Gasteiger partial charge in [-0.2, -0.15) is 0 Å². The second-order valence-corrected chi connectivity index (χ2v) is 13.7. The Bertz CT molecular complexity index is 2500. The Morgan fingerprint density at radius 1 is 0.383 bits per heavy atom. The number of aromatic nitrogens is 1. The SMILES string of the molecule is CC1(C)c2ccccc2-c2cc(C3(c4ccc5c(c4)c4ccccc4n5-c4ccccc4)c4ccccc4-c4ccccc43)ccc21. The molecule has 0 spiro atoms. The summed E-state index contributed by atoms with van der Waals surface area (Å²) in [6.45, 7) is 4.73. The highest BCUT2D eigenvalue weighted by Crippen LogP contribution is 2.58. The van der Waals surface area contributed by atoms with Crippen LogP contribution in [0.25, 0.3) is 49.7 Å². The van der Waals surface area contributed by atoms with Gasteiger partial charge < -0.3 is 4.57 Å². The van der Waals surface area contributed by atoms with Gasteiger partial charge in [-0.1, -0.05) is 141 Å². The van der Waals surface area contributed by atoms with E-state index >= 15 is 0 Å². The van der Waals surface area contributed by atoms with Gasteiger partial charge in [0, 0.05) is 21.9 Å². The Balaban J connectivity index is 1.32. The minimum atomic E-state index is -0.478. The average Bonchev–Trinajstić information content (AvgIpc) is 3.70. The van der Waals surface area contributed by atoms with E-state index in [4.69, 9.17) is 0 Å². The third kappa shape index (κ3) is 3.39. The van der Waals surface area contributed by atoms with Gasteiger partial charge in [-0.3, -0.25) is 0 Å². The molecule has 0 fully saturated rings. The molecule has 47 heavy (non-hydrogen) atoms. The number of nitrogens with zero attached hydrogens (tertiary/aromatic N) is 1. The van der Waals surface area contributed by atoms with E-state index in [-0.39, 0.29) is 5.41 Å². The Morgan fingerprint density at radius 3 is 1.62 bits per heavy atom. The van der Waals surface area contributed by atoms with Crippen molar-refractivity contribution >= 4 is 21.8 Å². The van der Waals surface area contributed by atoms with Crippen molar-refractivity contribution in [1.82, 2.24) is 4.57 Å². The van der Waals surface area contributed by atoms with Gasteiger partial charge in [-0.25, -0.2) is 0 Å². The number of benzene rings is 7. The van der Waals surface area contributed by atoms with Crippen molar-refractivity contribution in [2.45, 2.75) is 24.7 Å². The van der Waals surface area contributed by atoms with E-state index in [0.29, 0.717) is 0 Å². The largest absolute Gasteiger partial charge is 0.309 e. The molecule has 10 rings (SSSR count). The minimum Gasteiger partial charge on any atom is -0.309 e. The van der Waals surface area contributed by atoms with Crippen molar-refractivity contribution in [3.05, 3.63) is 197 Å². The first kappa shape index (κ1) is 26.5. The van der Waals surface area contributed by atoms with Crippen LogP contribution in [-0.2, 0) is 10.8 Å². The first-order valence-corrected chi connectivity index (χ1v) is 16.6. The summed E-state index contributed by atoms with van der Waals surface area (Å²) in [5.74, 6) is 0. The maximum atomic E-state index is 2.51. The molecule has 7 aromatic carbocycles. The summed E-state index contributed by atoms with van der Waals surface area (Å²) in [4.78, 5) is 0. The van der Waals surface area contributed by atoms with E-state index in [9.17, 15) is 0 Å². The van der Waals surface area contributed by atoms with Crippen LogP contribution in [0.1, 0.15) is 47.2 Å². The number of para-hydroxylation sites is 2. The number of fused-ring (bicyclic) bond motifs is 9. The third-order valence-corrected chi connectivity index (χ3v) is 11.1. The molecule has 1 aromatic heterocycles. The highest BCUT2D eigenvalue weighted by molar-refractivity contribution is 6.10. The summed E-state index contributed by atoms with van der Waals surface area (Å²) in [5, 5.41) is 2.54. The van der Waals surface area contributed by atoms with E-state index in [1.807, 2.05) is 0 Å². The summed E-state index contributed by atoms with van der Waals surface area (Å²) in [6.07, 6.45) is 0. The smallest absolute Gasteiger partial charge is 0.0714 e. The molecule has 0 atom stereocenters. The second-order valence-electron chi connectivity index (χ2n) is 13.7. The summed E-state index contributed by atoms with van der Waals surface area (Å²) < 4.78 is 2.41. The maximum absolute atomic E-state index is 2.51. The molecule has 0 radical (unpaired) electrons. The summed E-state index contributed by atoms with van der Waals surface area (Å²) >= 11 is 0. The normalized spacial score (nSPS) is 14.9. The van der Waals surface area contributed by atoms with E-state index in [0.717, 1.165) is 0 Å². The molecule has 0 N–H and O–H groups in total. The summed E-state index contributed by atoms with van der Waals surface area (Å²) in [6, 6.07) is 61.3. The Kier molecular flexibility index (Phi) is 5.33. The third-order valence-electron chi connectivity index (χ3n) is 11.1. The van der Waals surface area contributed by atoms with Gasteiger partial charge in [-0.05, 0) is 92.0 Å². The quantitative estimate of drug-likeness (QED) is 0.190. The lowest BCUT2D eigenvalue weighted by molar-refractivity contribution is 0.659. The summed E-state index contributed by atoms with van der Waals surface area (Å²) in [5.41, 5.74) is 16.6. The molecule has 2 aliphatic carbocycles. The van der Waals surface area contributed by atoms with Crippen LogP contribution >= 0.6 is 0 Å². The fraction of sp³-hybridized carbons (Fsp3) is 0.0870. The van der Waals surface area contributed by atoms with Crippen molar-refractivity contribution < 1.29 is 0 Å². The minimum absolute atomic E-state index is 0.0404. The number of rotatable bonds is 3. The molecular weight excluding hydrogens is 567 g/mol. The van der Waals surface area contributed by atoms with Gasteiger partial charge in [0.25, 0.3) is 0 Å². The Morgan fingerprint density at radius 2 is 0.894 bits per heavy atom. The molecule has 0 saturated heterocycles. The average molecular weight is 600 g/mol. The first-order chi connectivity index (χ1) is 23.1. The predicted octanol–water partition coefficient (Wildman–Crippen LogP) is 11.5. The molecule has 8 aromatic rings. The molecular formula is C46H33N. The molecule has 1 heterocycles. The first-order valence-electron chi connectivity index (χ1n) is 16.6. The van der Waals surface area contributed by atoms with Crippen molar-refractivity contribution in [3.8, 4) is 27.9 Å². The standard InChI is InChI=1S/C46H33N/c1-45(2)39-20-10-6-18-35(39)37-28-30(24-26-40(37)45)46(41-21-11-7-16-33(41)34-17-8-12-22-42(34)46)31-25-27-44-38(29-31)36-19-9-13-23-43(36)47(44)32-14-4-3-5-15-32/h3-29H,1-2H3. The molecule has 0 amide bonds. The number of hydrogen-bond donors (Lipinski definition) is 0. The highest BCUT2D eigenvalue weighted by Gasteiger charge is 2.47. The molecule has 0 aliphatic heterocycles. The van der Waals surface area contributed by atoms with Crippen LogP contribution in [0.4, 0.5) is 0 Å². The van der Waals surface area contributed by atoms with Crippen molar-refractivity contribution in [2.24, 2.45) is 0 Å². The van der Waals surface area contributed by atoms with Gasteiger partial charge >= 0.3 is 0 Å². The van der Waals surface area contributed by atoms with Crippen molar-refractivity contribution in [2.75, 3.05) is 0 Å². The van der Waals surface area contributed by atoms with Crippen LogP contribution in [0.2, 0.25) is 0 Å². The van der Waals surface area contributed by atoms with Crippen LogP contribution in [-0.4, -0.2) is 4.57 Å². The highest BCUT2D eigenvalue weighted by atomic mass is 15.0. The topological polar surface area (TPSA) is 4.93 Å². The lowest BCUT2D eigenvalue weighted by atomic mass is 9.67. The summed E-state index contributed by atoms with van der Waals surface area (Å²) in [7, 11) is 0. The van der Waals surface area contributed by atoms with Crippen molar-refractivity contribution in [3.63, 3.8) is 0 Å². The Hall–Kier alpha value is -5.66.